The minimum absolute atomic E-state index is 0.236. The van der Waals surface area contributed by atoms with E-state index < -0.39 is 12.2 Å². The number of aliphatic hydroxyl groups is 1. The number of ether oxygens (including phenoxy) is 4. The number of amides is 2. The van der Waals surface area contributed by atoms with Crippen molar-refractivity contribution in [2.45, 2.75) is 37.6 Å². The molecule has 4 atom stereocenters. The first-order valence-corrected chi connectivity index (χ1v) is 11.3. The summed E-state index contributed by atoms with van der Waals surface area (Å²) >= 11 is 0. The van der Waals surface area contributed by atoms with E-state index in [1.165, 1.54) is 12.0 Å². The Bertz CT molecular complexity index is 933. The van der Waals surface area contributed by atoms with E-state index in [1.54, 1.807) is 4.90 Å². The Morgan fingerprint density at radius 2 is 1.29 bits per heavy atom. The van der Waals surface area contributed by atoms with Gasteiger partial charge in [-0.2, -0.15) is 0 Å². The first-order chi connectivity index (χ1) is 16.5. The predicted octanol–water partition coefficient (Wildman–Crippen LogP) is 2.42. The molecule has 3 heterocycles. The number of β-amino-alcohol motifs (C(OH)–C–C–N with tert-alkyl or cyclic N) is 1. The van der Waals surface area contributed by atoms with E-state index in [1.807, 2.05) is 60.7 Å². The number of fused-ring (bicyclic) bond motifs is 1. The van der Waals surface area contributed by atoms with Gasteiger partial charge in [-0.05, 0) is 11.1 Å². The molecule has 3 aliphatic heterocycles. The lowest BCUT2D eigenvalue weighted by molar-refractivity contribution is 0.0214. The number of benzene rings is 2. The number of hydrogen-bond donors (Lipinski definition) is 1. The van der Waals surface area contributed by atoms with Crippen LogP contribution < -0.4 is 0 Å². The van der Waals surface area contributed by atoms with Crippen LogP contribution in [0.1, 0.15) is 11.1 Å². The summed E-state index contributed by atoms with van der Waals surface area (Å²) in [5.41, 5.74) is 1.95. The Morgan fingerprint density at radius 3 is 1.74 bits per heavy atom. The van der Waals surface area contributed by atoms with E-state index in [-0.39, 0.29) is 37.6 Å². The molecule has 9 heteroatoms. The maximum absolute atomic E-state index is 11.8. The van der Waals surface area contributed by atoms with Gasteiger partial charge in [-0.1, -0.05) is 60.7 Å². The fourth-order valence-corrected chi connectivity index (χ4v) is 3.92. The summed E-state index contributed by atoms with van der Waals surface area (Å²) < 4.78 is 20.7. The van der Waals surface area contributed by atoms with Gasteiger partial charge in [-0.25, -0.2) is 9.59 Å². The molecule has 34 heavy (non-hydrogen) atoms. The monoisotopic (exact) mass is 470 g/mol. The van der Waals surface area contributed by atoms with Crippen molar-refractivity contribution in [3.8, 4) is 0 Å². The highest BCUT2D eigenvalue weighted by Crippen LogP contribution is 2.30. The van der Waals surface area contributed by atoms with Gasteiger partial charge in [0.05, 0.1) is 32.3 Å². The van der Waals surface area contributed by atoms with Gasteiger partial charge in [0.2, 0.25) is 0 Å². The third kappa shape index (κ3) is 6.47. The highest BCUT2D eigenvalue weighted by atomic mass is 16.6. The summed E-state index contributed by atoms with van der Waals surface area (Å²) in [6.45, 7) is 2.56. The minimum atomic E-state index is -0.640. The van der Waals surface area contributed by atoms with E-state index in [9.17, 15) is 14.7 Å². The number of methoxy groups -OCH3 is 1. The molecule has 3 aliphatic rings. The van der Waals surface area contributed by atoms with Crippen molar-refractivity contribution in [2.75, 3.05) is 33.3 Å². The summed E-state index contributed by atoms with van der Waals surface area (Å²) in [6, 6.07) is 19.2. The number of aliphatic hydroxyl groups excluding tert-OH is 1. The number of carbonyl (C=O) groups excluding carboxylic acids is 2. The zero-order chi connectivity index (χ0) is 23.9. The van der Waals surface area contributed by atoms with Crippen molar-refractivity contribution in [1.82, 2.24) is 9.80 Å². The Hall–Kier alpha value is -3.14. The quantitative estimate of drug-likeness (QED) is 0.670. The van der Waals surface area contributed by atoms with Gasteiger partial charge in [0.25, 0.3) is 0 Å². The molecule has 0 bridgehead atoms. The van der Waals surface area contributed by atoms with E-state index >= 15 is 0 Å². The van der Waals surface area contributed by atoms with E-state index in [2.05, 4.69) is 0 Å². The van der Waals surface area contributed by atoms with Crippen LogP contribution in [0.2, 0.25) is 0 Å². The Labute approximate surface area is 198 Å². The van der Waals surface area contributed by atoms with Crippen molar-refractivity contribution in [1.29, 1.82) is 0 Å². The average Bonchev–Trinajstić information content (AvgIpc) is 3.29. The SMILES string of the molecule is COC1CN(C(=O)OCc2ccccc2)C[C@@H]1O.O=C(OCc1ccccc1)N1CC2OC2C1. The van der Waals surface area contributed by atoms with Crippen LogP contribution in [-0.2, 0) is 32.2 Å². The molecule has 1 N–H and O–H groups in total. The normalized spacial score (nSPS) is 24.6. The molecule has 0 spiro atoms. The predicted molar refractivity (Wildman–Crippen MR) is 122 cm³/mol. The van der Waals surface area contributed by atoms with Crippen LogP contribution >= 0.6 is 0 Å². The second-order valence-electron chi connectivity index (χ2n) is 8.44. The molecular formula is C25H30N2O7. The molecule has 5 rings (SSSR count). The first-order valence-electron chi connectivity index (χ1n) is 11.3. The molecule has 2 amide bonds. The third-order valence-corrected chi connectivity index (χ3v) is 5.95. The maximum Gasteiger partial charge on any atom is 0.410 e. The lowest BCUT2D eigenvalue weighted by Gasteiger charge is -2.16. The molecule has 0 radical (unpaired) electrons. The number of carbonyl (C=O) groups is 2. The summed E-state index contributed by atoms with van der Waals surface area (Å²) in [5.74, 6) is 0. The number of rotatable bonds is 5. The Kier molecular flexibility index (Phi) is 7.99. The van der Waals surface area contributed by atoms with Crippen LogP contribution in [0.25, 0.3) is 0 Å². The first kappa shape index (κ1) is 24.0. The van der Waals surface area contributed by atoms with Gasteiger partial charge in [0, 0.05) is 7.11 Å². The van der Waals surface area contributed by atoms with E-state index in [0.717, 1.165) is 11.1 Å². The number of hydrogen-bond acceptors (Lipinski definition) is 7. The fraction of sp³-hybridized carbons (Fsp3) is 0.440. The van der Waals surface area contributed by atoms with Crippen LogP contribution in [-0.4, -0.2) is 84.8 Å². The molecule has 9 nitrogen and oxygen atoms in total. The number of morpholine rings is 1. The van der Waals surface area contributed by atoms with Crippen molar-refractivity contribution < 1.29 is 33.6 Å². The van der Waals surface area contributed by atoms with Crippen molar-refractivity contribution in [2.24, 2.45) is 0 Å². The van der Waals surface area contributed by atoms with Gasteiger partial charge in [0.15, 0.2) is 0 Å². The third-order valence-electron chi connectivity index (χ3n) is 5.95. The number of epoxide rings is 1. The Morgan fingerprint density at radius 1 is 0.824 bits per heavy atom. The van der Waals surface area contributed by atoms with Crippen molar-refractivity contribution in [3.63, 3.8) is 0 Å². The Balaban J connectivity index is 0.000000162. The maximum atomic E-state index is 11.8. The molecule has 0 aliphatic carbocycles. The largest absolute Gasteiger partial charge is 0.445 e. The van der Waals surface area contributed by atoms with E-state index in [4.69, 9.17) is 18.9 Å². The summed E-state index contributed by atoms with van der Waals surface area (Å²) in [5, 5.41) is 9.62. The van der Waals surface area contributed by atoms with Gasteiger partial charge in [-0.15, -0.1) is 0 Å². The van der Waals surface area contributed by atoms with Crippen LogP contribution in [0.15, 0.2) is 60.7 Å². The lowest BCUT2D eigenvalue weighted by atomic mass is 10.2. The van der Waals surface area contributed by atoms with E-state index in [0.29, 0.717) is 26.2 Å². The zero-order valence-corrected chi connectivity index (χ0v) is 19.1. The van der Waals surface area contributed by atoms with Crippen LogP contribution in [0.3, 0.4) is 0 Å². The zero-order valence-electron chi connectivity index (χ0n) is 19.1. The molecule has 2 aromatic rings. The summed E-state index contributed by atoms with van der Waals surface area (Å²) in [6.07, 6.45) is -1.08. The highest BCUT2D eigenvalue weighted by molar-refractivity contribution is 5.68. The molecule has 0 aromatic heterocycles. The van der Waals surface area contributed by atoms with Gasteiger partial charge < -0.3 is 33.9 Å². The standard InChI is InChI=1S/C13H17NO4.C12H13NO3/c1-17-12-8-14(7-11(12)15)13(16)18-9-10-5-3-2-4-6-10;14-12(13-6-10-11(7-13)16-10)15-8-9-4-2-1-3-5-9/h2-6,11-12,15H,7-9H2,1H3;1-5,10-11H,6-8H2/t11-,12?;/m0./s1. The van der Waals surface area contributed by atoms with Gasteiger partial charge in [-0.3, -0.25) is 0 Å². The molecule has 2 aromatic carbocycles. The summed E-state index contributed by atoms with van der Waals surface area (Å²) in [7, 11) is 1.52. The minimum Gasteiger partial charge on any atom is -0.445 e. The topological polar surface area (TPSA) is 101 Å². The van der Waals surface area contributed by atoms with Crippen LogP contribution in [0, 0.1) is 0 Å². The fourth-order valence-electron chi connectivity index (χ4n) is 3.92. The van der Waals surface area contributed by atoms with Crippen LogP contribution in [0.4, 0.5) is 9.59 Å². The van der Waals surface area contributed by atoms with Gasteiger partial charge >= 0.3 is 12.2 Å². The number of likely N-dealkylation sites (tertiary alicyclic amines) is 2. The second-order valence-corrected chi connectivity index (χ2v) is 8.44. The molecule has 182 valence electrons. The smallest absolute Gasteiger partial charge is 0.410 e. The van der Waals surface area contributed by atoms with Gasteiger partial charge in [0.1, 0.15) is 31.5 Å². The average molecular weight is 471 g/mol. The lowest BCUT2D eigenvalue weighted by Crippen LogP contribution is -2.32. The van der Waals surface area contributed by atoms with Crippen molar-refractivity contribution in [3.05, 3.63) is 71.8 Å². The van der Waals surface area contributed by atoms with Crippen LogP contribution in [0.5, 0.6) is 0 Å². The molecular weight excluding hydrogens is 440 g/mol. The number of nitrogens with zero attached hydrogens (tertiary/aromatic N) is 2. The molecule has 3 fully saturated rings. The molecule has 3 saturated heterocycles. The summed E-state index contributed by atoms with van der Waals surface area (Å²) in [4.78, 5) is 26.6. The van der Waals surface area contributed by atoms with Crippen molar-refractivity contribution >= 4 is 12.2 Å². The highest BCUT2D eigenvalue weighted by Gasteiger charge is 2.49. The molecule has 0 saturated carbocycles. The second kappa shape index (κ2) is 11.3. The molecule has 3 unspecified atom stereocenters.